The highest BCUT2D eigenvalue weighted by atomic mass is 127. The molecule has 6 nitrogen and oxygen atoms in total. The molecule has 0 fully saturated rings. The number of hydrogen-bond acceptors (Lipinski definition) is 5. The first-order valence-electron chi connectivity index (χ1n) is 10.1. The van der Waals surface area contributed by atoms with Crippen molar-refractivity contribution in [3.63, 3.8) is 0 Å². The van der Waals surface area contributed by atoms with E-state index in [0.29, 0.717) is 11.3 Å². The number of aromatic nitrogens is 1. The lowest BCUT2D eigenvalue weighted by molar-refractivity contribution is 0.624. The zero-order chi connectivity index (χ0) is 22.8. The number of hydrogen-bond donors (Lipinski definition) is 1. The topological polar surface area (TPSA) is 94.1 Å². The zero-order valence-corrected chi connectivity index (χ0v) is 19.9. The number of halogens is 1. The highest BCUT2D eigenvalue weighted by Gasteiger charge is 2.37. The molecule has 2 aromatic carbocycles. The molecule has 1 aromatic heterocycles. The molecule has 0 spiro atoms. The summed E-state index contributed by atoms with van der Waals surface area (Å²) in [6.07, 6.45) is 1.14. The third-order valence-corrected chi connectivity index (χ3v) is 6.26. The van der Waals surface area contributed by atoms with Gasteiger partial charge in [-0.15, -0.1) is 0 Å². The first-order valence-corrected chi connectivity index (χ1v) is 11.2. The van der Waals surface area contributed by atoms with Gasteiger partial charge in [0, 0.05) is 20.6 Å². The van der Waals surface area contributed by atoms with Crippen LogP contribution >= 0.6 is 22.6 Å². The number of anilines is 1. The van der Waals surface area contributed by atoms with E-state index >= 15 is 0 Å². The number of nitriles is 2. The number of benzene rings is 2. The number of rotatable bonds is 4. The van der Waals surface area contributed by atoms with E-state index in [0.717, 1.165) is 28.3 Å². The van der Waals surface area contributed by atoms with Gasteiger partial charge in [-0.2, -0.15) is 15.6 Å². The van der Waals surface area contributed by atoms with Gasteiger partial charge in [-0.1, -0.05) is 18.2 Å². The Morgan fingerprint density at radius 1 is 1.06 bits per heavy atom. The van der Waals surface area contributed by atoms with Crippen molar-refractivity contribution in [2.75, 3.05) is 5.01 Å². The Bertz CT molecular complexity index is 1290. The summed E-state index contributed by atoms with van der Waals surface area (Å²) in [6, 6.07) is 24.2. The molecule has 4 rings (SSSR count). The van der Waals surface area contributed by atoms with Gasteiger partial charge in [0.05, 0.1) is 23.0 Å². The van der Waals surface area contributed by atoms with Crippen LogP contribution in [0.2, 0.25) is 0 Å². The number of hydrazone groups is 1. The molecule has 0 amide bonds. The largest absolute Gasteiger partial charge is 0.318 e. The molecule has 0 unspecified atom stereocenters. The van der Waals surface area contributed by atoms with E-state index in [1.807, 2.05) is 50.2 Å². The zero-order valence-electron chi connectivity index (χ0n) is 17.7. The predicted molar refractivity (Wildman–Crippen MR) is 135 cm³/mol. The second-order valence-corrected chi connectivity index (χ2v) is 8.82. The second-order valence-electron chi connectivity index (χ2n) is 7.57. The molecule has 7 heteroatoms. The first kappa shape index (κ1) is 21.8. The molecule has 0 saturated heterocycles. The van der Waals surface area contributed by atoms with Gasteiger partial charge in [-0.3, -0.25) is 0 Å². The molecule has 0 saturated carbocycles. The van der Waals surface area contributed by atoms with E-state index in [9.17, 15) is 10.5 Å². The lowest BCUT2D eigenvalue weighted by Gasteiger charge is -2.21. The molecular weight excluding hydrogens is 511 g/mol. The van der Waals surface area contributed by atoms with Crippen molar-refractivity contribution in [3.8, 4) is 17.8 Å². The third kappa shape index (κ3) is 3.93. The van der Waals surface area contributed by atoms with Crippen LogP contribution in [0.5, 0.6) is 0 Å². The Kier molecular flexibility index (Phi) is 6.13. The van der Waals surface area contributed by atoms with Crippen LogP contribution in [0.1, 0.15) is 17.0 Å². The van der Waals surface area contributed by atoms with Crippen LogP contribution in [0, 0.1) is 46.0 Å². The van der Waals surface area contributed by atoms with Crippen LogP contribution in [0.15, 0.2) is 71.3 Å². The van der Waals surface area contributed by atoms with Crippen LogP contribution < -0.4 is 10.7 Å². The number of allylic oxidation sites excluding steroid dienone is 1. The average molecular weight is 532 g/mol. The van der Waals surface area contributed by atoms with Gasteiger partial charge >= 0.3 is 0 Å². The fourth-order valence-electron chi connectivity index (χ4n) is 3.96. The van der Waals surface area contributed by atoms with Crippen molar-refractivity contribution in [3.05, 3.63) is 86.8 Å². The van der Waals surface area contributed by atoms with Gasteiger partial charge in [0.25, 0.3) is 0 Å². The number of aryl methyl sites for hydroxylation is 1. The third-order valence-electron chi connectivity index (χ3n) is 5.55. The van der Waals surface area contributed by atoms with Crippen LogP contribution in [0.3, 0.4) is 0 Å². The normalized spacial score (nSPS) is 18.2. The Labute approximate surface area is 201 Å². The maximum atomic E-state index is 9.94. The Balaban J connectivity index is 1.76. The van der Waals surface area contributed by atoms with Gasteiger partial charge in [-0.25, -0.2) is 5.01 Å². The minimum Gasteiger partial charge on any atom is -0.318 e. The van der Waals surface area contributed by atoms with Crippen molar-refractivity contribution in [2.24, 2.45) is 16.8 Å². The predicted octanol–water partition coefficient (Wildman–Crippen LogP) is 4.91. The fourth-order valence-corrected chi connectivity index (χ4v) is 4.32. The molecule has 2 atom stereocenters. The molecule has 0 radical (unpaired) electrons. The summed E-state index contributed by atoms with van der Waals surface area (Å²) in [6.45, 7) is 4.05. The molecule has 1 aliphatic heterocycles. The van der Waals surface area contributed by atoms with Crippen molar-refractivity contribution in [2.45, 2.75) is 20.0 Å². The van der Waals surface area contributed by atoms with Crippen molar-refractivity contribution >= 4 is 40.1 Å². The molecular formula is C25H21IN6. The van der Waals surface area contributed by atoms with Gasteiger partial charge in [0.15, 0.2) is 0 Å². The quantitative estimate of drug-likeness (QED) is 0.382. The fraction of sp³-hybridized carbons (Fsp3) is 0.160. The summed E-state index contributed by atoms with van der Waals surface area (Å²) in [5.41, 5.74) is 11.9. The molecule has 32 heavy (non-hydrogen) atoms. The molecule has 0 aliphatic carbocycles. The Hall–Kier alpha value is -3.40. The van der Waals surface area contributed by atoms with Crippen LogP contribution in [-0.4, -0.2) is 16.4 Å². The van der Waals surface area contributed by atoms with E-state index in [1.54, 1.807) is 11.1 Å². The van der Waals surface area contributed by atoms with Crippen LogP contribution in [0.25, 0.3) is 11.8 Å². The lowest BCUT2D eigenvalue weighted by atomic mass is 9.95. The van der Waals surface area contributed by atoms with Gasteiger partial charge < -0.3 is 10.3 Å². The summed E-state index contributed by atoms with van der Waals surface area (Å²) in [5.74, 6) is -0.708. The van der Waals surface area contributed by atoms with E-state index in [1.165, 1.54) is 3.57 Å². The maximum absolute atomic E-state index is 9.94. The van der Waals surface area contributed by atoms with E-state index in [-0.39, 0.29) is 0 Å². The van der Waals surface area contributed by atoms with Gasteiger partial charge in [-0.05, 0) is 90.5 Å². The molecule has 1 aliphatic rings. The first-order chi connectivity index (χ1) is 15.4. The average Bonchev–Trinajstić information content (AvgIpc) is 3.28. The SMILES string of the molecule is Cc1cc(/C=C(/C#N)C2=NN(c3ccccc3)[C@@H](N)[C@@H]2C#N)c(C)n1-c1ccc(I)cc1. The number of nitrogens with zero attached hydrogens (tertiary/aromatic N) is 5. The summed E-state index contributed by atoms with van der Waals surface area (Å²) in [4.78, 5) is 0. The highest BCUT2D eigenvalue weighted by molar-refractivity contribution is 14.1. The van der Waals surface area contributed by atoms with Crippen molar-refractivity contribution in [1.29, 1.82) is 10.5 Å². The van der Waals surface area contributed by atoms with Crippen LogP contribution in [0.4, 0.5) is 5.69 Å². The Morgan fingerprint density at radius 3 is 2.38 bits per heavy atom. The highest BCUT2D eigenvalue weighted by Crippen LogP contribution is 2.30. The molecule has 2 N–H and O–H groups in total. The number of nitrogens with two attached hydrogens (primary N) is 1. The standard InChI is InChI=1S/C25H21IN6/c1-16-12-18(17(2)31(16)21-10-8-20(26)9-11-21)13-19(14-27)24-23(15-28)25(29)32(30-24)22-6-4-3-5-7-22/h3-13,23,25H,29H2,1-2H3/b19-13-/t23-,25-/m1/s1. The van der Waals surface area contributed by atoms with Crippen LogP contribution in [-0.2, 0) is 0 Å². The molecule has 0 bridgehead atoms. The van der Waals surface area contributed by atoms with Crippen molar-refractivity contribution in [1.82, 2.24) is 4.57 Å². The lowest BCUT2D eigenvalue weighted by Crippen LogP contribution is -2.40. The second kappa shape index (κ2) is 8.99. The van der Waals surface area contributed by atoms with E-state index in [2.05, 4.69) is 68.7 Å². The monoisotopic (exact) mass is 532 g/mol. The summed E-state index contributed by atoms with van der Waals surface area (Å²) in [7, 11) is 0. The molecule has 3 aromatic rings. The summed E-state index contributed by atoms with van der Waals surface area (Å²) < 4.78 is 3.32. The smallest absolute Gasteiger partial charge is 0.127 e. The van der Waals surface area contributed by atoms with E-state index in [4.69, 9.17) is 5.73 Å². The Morgan fingerprint density at radius 2 is 1.75 bits per heavy atom. The summed E-state index contributed by atoms with van der Waals surface area (Å²) in [5, 5.41) is 25.9. The van der Waals surface area contributed by atoms with Crippen molar-refractivity contribution < 1.29 is 0 Å². The summed E-state index contributed by atoms with van der Waals surface area (Å²) >= 11 is 2.29. The molecule has 2 heterocycles. The van der Waals surface area contributed by atoms with Gasteiger partial charge in [0.2, 0.25) is 0 Å². The van der Waals surface area contributed by atoms with Gasteiger partial charge in [0.1, 0.15) is 18.2 Å². The minimum absolute atomic E-state index is 0.341. The molecule has 158 valence electrons. The number of para-hydroxylation sites is 1. The minimum atomic E-state index is -0.708. The van der Waals surface area contributed by atoms with E-state index < -0.39 is 12.1 Å². The maximum Gasteiger partial charge on any atom is 0.127 e.